The molecule has 1 aromatic rings. The maximum atomic E-state index is 13.1. The number of fused-ring (bicyclic) bond motifs is 1. The average molecular weight is 253 g/mol. The minimum atomic E-state index is -1.01. The highest BCUT2D eigenvalue weighted by atomic mass is 19.1. The van der Waals surface area contributed by atoms with Crippen molar-refractivity contribution in [1.29, 1.82) is 0 Å². The van der Waals surface area contributed by atoms with Crippen molar-refractivity contribution < 1.29 is 19.0 Å². The third kappa shape index (κ3) is 2.31. The first kappa shape index (κ1) is 12.8. The van der Waals surface area contributed by atoms with Crippen molar-refractivity contribution in [2.24, 2.45) is 11.1 Å². The average Bonchev–Trinajstić information content (AvgIpc) is 2.69. The van der Waals surface area contributed by atoms with E-state index < -0.39 is 11.4 Å². The fraction of sp³-hybridized carbons (Fsp3) is 0.462. The van der Waals surface area contributed by atoms with Crippen LogP contribution in [-0.4, -0.2) is 23.7 Å². The lowest BCUT2D eigenvalue weighted by Crippen LogP contribution is -2.39. The van der Waals surface area contributed by atoms with E-state index >= 15 is 0 Å². The first-order valence-corrected chi connectivity index (χ1v) is 5.83. The second-order valence-electron chi connectivity index (χ2n) is 4.97. The highest BCUT2D eigenvalue weighted by molar-refractivity contribution is 5.74. The molecule has 18 heavy (non-hydrogen) atoms. The molecule has 0 aromatic heterocycles. The zero-order valence-electron chi connectivity index (χ0n) is 10.1. The van der Waals surface area contributed by atoms with E-state index in [1.807, 2.05) is 0 Å². The molecule has 1 aliphatic rings. The Bertz CT molecular complexity index is 477. The highest BCUT2D eigenvalue weighted by Gasteiger charge is 2.37. The SMILES string of the molecule is CC(CN)(CC1Cc2cc(F)ccc2O1)C(=O)O. The van der Waals surface area contributed by atoms with Gasteiger partial charge < -0.3 is 15.6 Å². The van der Waals surface area contributed by atoms with Crippen molar-refractivity contribution in [2.45, 2.75) is 25.9 Å². The molecule has 98 valence electrons. The van der Waals surface area contributed by atoms with Crippen LogP contribution in [0.4, 0.5) is 4.39 Å². The minimum absolute atomic E-state index is 0.0485. The molecule has 0 fully saturated rings. The van der Waals surface area contributed by atoms with Crippen molar-refractivity contribution in [3.05, 3.63) is 29.6 Å². The number of hydrogen-bond acceptors (Lipinski definition) is 3. The fourth-order valence-corrected chi connectivity index (χ4v) is 2.16. The van der Waals surface area contributed by atoms with Gasteiger partial charge in [-0.05, 0) is 25.1 Å². The topological polar surface area (TPSA) is 72.5 Å². The summed E-state index contributed by atoms with van der Waals surface area (Å²) in [5.41, 5.74) is 5.29. The quantitative estimate of drug-likeness (QED) is 0.854. The van der Waals surface area contributed by atoms with Crippen LogP contribution in [0.25, 0.3) is 0 Å². The number of carboxylic acid groups (broad SMARTS) is 1. The van der Waals surface area contributed by atoms with Crippen LogP contribution < -0.4 is 10.5 Å². The number of ether oxygens (including phenoxy) is 1. The Morgan fingerprint density at radius 1 is 1.67 bits per heavy atom. The van der Waals surface area contributed by atoms with E-state index in [1.165, 1.54) is 12.1 Å². The van der Waals surface area contributed by atoms with Gasteiger partial charge in [0.1, 0.15) is 17.7 Å². The molecule has 0 saturated heterocycles. The molecule has 0 aliphatic carbocycles. The molecular weight excluding hydrogens is 237 g/mol. The number of nitrogens with two attached hydrogens (primary N) is 1. The summed E-state index contributed by atoms with van der Waals surface area (Å²) < 4.78 is 18.7. The van der Waals surface area contributed by atoms with Gasteiger partial charge in [0.15, 0.2) is 0 Å². The third-order valence-electron chi connectivity index (χ3n) is 3.41. The Balaban J connectivity index is 2.10. The summed E-state index contributed by atoms with van der Waals surface area (Å²) in [6.45, 7) is 1.65. The molecule has 1 aromatic carbocycles. The molecule has 2 atom stereocenters. The summed E-state index contributed by atoms with van der Waals surface area (Å²) in [6.07, 6.45) is 0.580. The van der Waals surface area contributed by atoms with Crippen molar-refractivity contribution in [3.63, 3.8) is 0 Å². The van der Waals surface area contributed by atoms with Crippen LogP contribution in [-0.2, 0) is 11.2 Å². The van der Waals surface area contributed by atoms with Gasteiger partial charge in [-0.3, -0.25) is 4.79 Å². The van der Waals surface area contributed by atoms with Crippen LogP contribution in [0, 0.1) is 11.2 Å². The maximum absolute atomic E-state index is 13.1. The van der Waals surface area contributed by atoms with Crippen molar-refractivity contribution in [3.8, 4) is 5.75 Å². The number of hydrogen-bond donors (Lipinski definition) is 2. The van der Waals surface area contributed by atoms with E-state index in [2.05, 4.69) is 0 Å². The highest BCUT2D eigenvalue weighted by Crippen LogP contribution is 2.34. The van der Waals surface area contributed by atoms with Gasteiger partial charge in [-0.2, -0.15) is 0 Å². The number of carboxylic acids is 1. The summed E-state index contributed by atoms with van der Waals surface area (Å²) in [5.74, 6) is -0.611. The Labute approximate surface area is 105 Å². The van der Waals surface area contributed by atoms with Gasteiger partial charge in [-0.1, -0.05) is 0 Å². The van der Waals surface area contributed by atoms with Gasteiger partial charge in [0, 0.05) is 24.9 Å². The lowest BCUT2D eigenvalue weighted by atomic mass is 9.83. The Morgan fingerprint density at radius 3 is 3.00 bits per heavy atom. The molecule has 0 spiro atoms. The number of benzene rings is 1. The molecule has 0 radical (unpaired) electrons. The van der Waals surface area contributed by atoms with Gasteiger partial charge in [-0.15, -0.1) is 0 Å². The monoisotopic (exact) mass is 253 g/mol. The summed E-state index contributed by atoms with van der Waals surface area (Å²) in [4.78, 5) is 11.2. The van der Waals surface area contributed by atoms with E-state index in [-0.39, 0.29) is 18.5 Å². The first-order chi connectivity index (χ1) is 8.44. The largest absolute Gasteiger partial charge is 0.490 e. The third-order valence-corrected chi connectivity index (χ3v) is 3.41. The van der Waals surface area contributed by atoms with E-state index in [0.29, 0.717) is 18.6 Å². The molecular formula is C13H16FNO3. The molecule has 4 nitrogen and oxygen atoms in total. The summed E-state index contributed by atoms with van der Waals surface area (Å²) in [6, 6.07) is 4.33. The van der Waals surface area contributed by atoms with Gasteiger partial charge >= 0.3 is 5.97 Å². The van der Waals surface area contributed by atoms with Crippen LogP contribution in [0.5, 0.6) is 5.75 Å². The second kappa shape index (κ2) is 4.57. The molecule has 0 amide bonds. The molecule has 1 heterocycles. The van der Waals surface area contributed by atoms with Crippen molar-refractivity contribution in [2.75, 3.05) is 6.54 Å². The molecule has 2 rings (SSSR count). The van der Waals surface area contributed by atoms with Crippen LogP contribution in [0.2, 0.25) is 0 Å². The molecule has 5 heteroatoms. The molecule has 2 unspecified atom stereocenters. The zero-order chi connectivity index (χ0) is 13.3. The van der Waals surface area contributed by atoms with Gasteiger partial charge in [0.05, 0.1) is 5.41 Å². The van der Waals surface area contributed by atoms with E-state index in [0.717, 1.165) is 5.56 Å². The second-order valence-corrected chi connectivity index (χ2v) is 4.97. The lowest BCUT2D eigenvalue weighted by molar-refractivity contribution is -0.148. The van der Waals surface area contributed by atoms with Crippen molar-refractivity contribution >= 4 is 5.97 Å². The van der Waals surface area contributed by atoms with E-state index in [9.17, 15) is 9.18 Å². The standard InChI is InChI=1S/C13H16FNO3/c1-13(7-15,12(16)17)6-10-5-8-4-9(14)2-3-11(8)18-10/h2-4,10H,5-7,15H2,1H3,(H,16,17). The van der Waals surface area contributed by atoms with Crippen LogP contribution in [0.1, 0.15) is 18.9 Å². The minimum Gasteiger partial charge on any atom is -0.490 e. The Kier molecular flexibility index (Phi) is 3.26. The van der Waals surface area contributed by atoms with Crippen LogP contribution in [0.15, 0.2) is 18.2 Å². The molecule has 0 bridgehead atoms. The molecule has 0 saturated carbocycles. The summed E-state index contributed by atoms with van der Waals surface area (Å²) in [5, 5.41) is 9.16. The number of aliphatic carboxylic acids is 1. The van der Waals surface area contributed by atoms with Gasteiger partial charge in [0.25, 0.3) is 0 Å². The normalized spacial score (nSPS) is 20.9. The smallest absolute Gasteiger partial charge is 0.310 e. The molecule has 3 N–H and O–H groups in total. The van der Waals surface area contributed by atoms with Crippen LogP contribution in [0.3, 0.4) is 0 Å². The van der Waals surface area contributed by atoms with E-state index in [1.54, 1.807) is 13.0 Å². The van der Waals surface area contributed by atoms with Crippen LogP contribution >= 0.6 is 0 Å². The predicted molar refractivity (Wildman–Crippen MR) is 63.9 cm³/mol. The maximum Gasteiger partial charge on any atom is 0.310 e. The van der Waals surface area contributed by atoms with Crippen molar-refractivity contribution in [1.82, 2.24) is 0 Å². The van der Waals surface area contributed by atoms with E-state index in [4.69, 9.17) is 15.6 Å². The lowest BCUT2D eigenvalue weighted by Gasteiger charge is -2.25. The predicted octanol–water partition coefficient (Wildman–Crippen LogP) is 1.57. The molecule has 1 aliphatic heterocycles. The zero-order valence-corrected chi connectivity index (χ0v) is 10.1. The summed E-state index contributed by atoms with van der Waals surface area (Å²) in [7, 11) is 0. The number of carbonyl (C=O) groups is 1. The number of halogens is 1. The fourth-order valence-electron chi connectivity index (χ4n) is 2.16. The summed E-state index contributed by atoms with van der Waals surface area (Å²) >= 11 is 0. The number of rotatable bonds is 4. The Morgan fingerprint density at radius 2 is 2.39 bits per heavy atom. The first-order valence-electron chi connectivity index (χ1n) is 5.83. The Hall–Kier alpha value is -1.62. The van der Waals surface area contributed by atoms with Gasteiger partial charge in [-0.25, -0.2) is 4.39 Å². The van der Waals surface area contributed by atoms with Gasteiger partial charge in [0.2, 0.25) is 0 Å².